The zero-order chi connectivity index (χ0) is 26.7. The fourth-order valence-electron chi connectivity index (χ4n) is 4.65. The summed E-state index contributed by atoms with van der Waals surface area (Å²) in [7, 11) is -1.47. The van der Waals surface area contributed by atoms with Crippen molar-refractivity contribution in [2.75, 3.05) is 44.5 Å². The molecule has 2 aliphatic heterocycles. The number of fused-ring (bicyclic) bond motifs is 2. The maximum absolute atomic E-state index is 13.3. The summed E-state index contributed by atoms with van der Waals surface area (Å²) in [5.74, 6) is 1.82. The number of benzene rings is 2. The number of carbonyl (C=O) groups is 1. The van der Waals surface area contributed by atoms with Crippen molar-refractivity contribution in [3.05, 3.63) is 47.5 Å². The smallest absolute Gasteiger partial charge is 0.231 e. The third kappa shape index (κ3) is 6.85. The predicted molar refractivity (Wildman–Crippen MR) is 139 cm³/mol. The van der Waals surface area contributed by atoms with Gasteiger partial charge in [-0.3, -0.25) is 14.4 Å². The van der Waals surface area contributed by atoms with E-state index in [2.05, 4.69) is 9.62 Å². The summed E-state index contributed by atoms with van der Waals surface area (Å²) in [6.07, 6.45) is 0.839. The Morgan fingerprint density at radius 3 is 2.62 bits per heavy atom. The molecule has 1 amide bonds. The zero-order valence-corrected chi connectivity index (χ0v) is 22.5. The van der Waals surface area contributed by atoms with E-state index in [4.69, 9.17) is 14.2 Å². The quantitative estimate of drug-likeness (QED) is 0.530. The summed E-state index contributed by atoms with van der Waals surface area (Å²) in [5.41, 5.74) is 2.03. The number of hydrogen-bond acceptors (Lipinski definition) is 8. The van der Waals surface area contributed by atoms with Crippen LogP contribution in [0.3, 0.4) is 0 Å². The van der Waals surface area contributed by atoms with E-state index >= 15 is 0 Å². The van der Waals surface area contributed by atoms with Gasteiger partial charge < -0.3 is 24.2 Å². The SMILES string of the molecule is C[C@H](CO)N1C[C@H](C)[C@H](CN(C)Cc2ccc3c(c2)OCO3)Oc2ccc(NS(C)(=O)=O)cc2CC1=O. The van der Waals surface area contributed by atoms with Gasteiger partial charge in [0.05, 0.1) is 25.3 Å². The number of anilines is 1. The van der Waals surface area contributed by atoms with Gasteiger partial charge in [0.25, 0.3) is 0 Å². The Morgan fingerprint density at radius 2 is 1.89 bits per heavy atom. The van der Waals surface area contributed by atoms with Crippen molar-refractivity contribution in [3.63, 3.8) is 0 Å². The summed E-state index contributed by atoms with van der Waals surface area (Å²) in [4.78, 5) is 17.1. The molecule has 2 aliphatic rings. The maximum Gasteiger partial charge on any atom is 0.231 e. The van der Waals surface area contributed by atoms with Crippen LogP contribution in [0.25, 0.3) is 0 Å². The number of ether oxygens (including phenoxy) is 3. The fraction of sp³-hybridized carbons (Fsp3) is 0.500. The van der Waals surface area contributed by atoms with E-state index in [0.29, 0.717) is 36.6 Å². The Hall–Kier alpha value is -3.02. The molecule has 0 aromatic heterocycles. The van der Waals surface area contributed by atoms with Crippen LogP contribution in [-0.4, -0.2) is 81.2 Å². The van der Waals surface area contributed by atoms with E-state index in [9.17, 15) is 18.3 Å². The summed E-state index contributed by atoms with van der Waals surface area (Å²) in [5, 5.41) is 9.80. The number of rotatable bonds is 8. The Balaban J connectivity index is 1.59. The van der Waals surface area contributed by atoms with Gasteiger partial charge in [0.15, 0.2) is 11.5 Å². The van der Waals surface area contributed by atoms with Gasteiger partial charge in [-0.2, -0.15) is 0 Å². The number of nitrogens with zero attached hydrogens (tertiary/aromatic N) is 2. The number of likely N-dealkylation sites (N-methyl/N-ethyl adjacent to an activating group) is 1. The van der Waals surface area contributed by atoms with E-state index in [1.807, 2.05) is 39.1 Å². The number of amides is 1. The zero-order valence-electron chi connectivity index (χ0n) is 21.6. The molecule has 0 bridgehead atoms. The van der Waals surface area contributed by atoms with Crippen molar-refractivity contribution in [1.82, 2.24) is 9.80 Å². The van der Waals surface area contributed by atoms with Gasteiger partial charge in [0.1, 0.15) is 11.9 Å². The van der Waals surface area contributed by atoms with Crippen molar-refractivity contribution in [2.24, 2.45) is 5.92 Å². The molecule has 2 N–H and O–H groups in total. The largest absolute Gasteiger partial charge is 0.488 e. The first-order valence-electron chi connectivity index (χ1n) is 12.3. The molecule has 202 valence electrons. The second kappa shape index (κ2) is 11.2. The molecule has 2 aromatic rings. The van der Waals surface area contributed by atoms with Crippen molar-refractivity contribution < 1.29 is 32.5 Å². The molecule has 37 heavy (non-hydrogen) atoms. The number of hydrogen-bond donors (Lipinski definition) is 2. The first-order chi connectivity index (χ1) is 17.5. The van der Waals surface area contributed by atoms with Crippen LogP contribution in [-0.2, 0) is 27.8 Å². The molecule has 0 unspecified atom stereocenters. The third-order valence-corrected chi connectivity index (χ3v) is 7.21. The minimum atomic E-state index is -3.48. The number of nitrogens with one attached hydrogen (secondary N) is 1. The molecule has 11 heteroatoms. The average Bonchev–Trinajstić information content (AvgIpc) is 3.30. The lowest BCUT2D eigenvalue weighted by molar-refractivity contribution is -0.134. The van der Waals surface area contributed by atoms with E-state index in [1.165, 1.54) is 0 Å². The minimum Gasteiger partial charge on any atom is -0.488 e. The second-order valence-corrected chi connectivity index (χ2v) is 11.7. The molecule has 4 rings (SSSR count). The highest BCUT2D eigenvalue weighted by atomic mass is 32.2. The Morgan fingerprint density at radius 1 is 1.16 bits per heavy atom. The predicted octanol–water partition coefficient (Wildman–Crippen LogP) is 2.07. The molecule has 0 saturated heterocycles. The number of aliphatic hydroxyl groups is 1. The van der Waals surface area contributed by atoms with Crippen LogP contribution in [0, 0.1) is 5.92 Å². The standard InChI is InChI=1S/C26H35N3O7S/c1-17-12-29(18(2)15-30)26(31)11-20-10-21(27-37(4,32)33)6-8-22(20)36-25(17)14-28(3)13-19-5-7-23-24(9-19)35-16-34-23/h5-10,17-18,25,27,30H,11-16H2,1-4H3/t17-,18+,25-/m0/s1. The number of carbonyl (C=O) groups excluding carboxylic acids is 1. The first-order valence-corrected chi connectivity index (χ1v) is 14.2. The van der Waals surface area contributed by atoms with Gasteiger partial charge >= 0.3 is 0 Å². The van der Waals surface area contributed by atoms with E-state index in [1.54, 1.807) is 23.1 Å². The molecule has 0 fully saturated rings. The average molecular weight is 534 g/mol. The van der Waals surface area contributed by atoms with Crippen LogP contribution in [0.4, 0.5) is 5.69 Å². The molecule has 2 aromatic carbocycles. The monoisotopic (exact) mass is 533 g/mol. The summed E-state index contributed by atoms with van der Waals surface area (Å²) >= 11 is 0. The molecule has 3 atom stereocenters. The lowest BCUT2D eigenvalue weighted by Gasteiger charge is -2.34. The molecular formula is C26H35N3O7S. The van der Waals surface area contributed by atoms with E-state index < -0.39 is 10.0 Å². The maximum atomic E-state index is 13.3. The van der Waals surface area contributed by atoms with Gasteiger partial charge in [0.2, 0.25) is 22.7 Å². The van der Waals surface area contributed by atoms with Gasteiger partial charge in [-0.25, -0.2) is 8.42 Å². The summed E-state index contributed by atoms with van der Waals surface area (Å²) in [6.45, 7) is 5.57. The Bertz CT molecular complexity index is 1240. The van der Waals surface area contributed by atoms with Crippen molar-refractivity contribution in [2.45, 2.75) is 39.0 Å². The van der Waals surface area contributed by atoms with Crippen molar-refractivity contribution in [3.8, 4) is 17.2 Å². The van der Waals surface area contributed by atoms with Crippen LogP contribution in [0.2, 0.25) is 0 Å². The molecular weight excluding hydrogens is 498 g/mol. The lowest BCUT2D eigenvalue weighted by Crippen LogP contribution is -2.47. The molecule has 0 saturated carbocycles. The molecule has 10 nitrogen and oxygen atoms in total. The summed E-state index contributed by atoms with van der Waals surface area (Å²) in [6, 6.07) is 10.5. The summed E-state index contributed by atoms with van der Waals surface area (Å²) < 4.78 is 43.4. The highest BCUT2D eigenvalue weighted by Crippen LogP contribution is 2.33. The fourth-order valence-corrected chi connectivity index (χ4v) is 5.20. The van der Waals surface area contributed by atoms with Crippen molar-refractivity contribution in [1.29, 1.82) is 0 Å². The molecule has 0 radical (unpaired) electrons. The van der Waals surface area contributed by atoms with Crippen LogP contribution in [0.15, 0.2) is 36.4 Å². The highest BCUT2D eigenvalue weighted by molar-refractivity contribution is 7.92. The first kappa shape index (κ1) is 27.0. The van der Waals surface area contributed by atoms with Crippen LogP contribution in [0.5, 0.6) is 17.2 Å². The normalized spacial score (nSPS) is 20.5. The highest BCUT2D eigenvalue weighted by Gasteiger charge is 2.31. The van der Waals surface area contributed by atoms with Crippen LogP contribution >= 0.6 is 0 Å². The third-order valence-electron chi connectivity index (χ3n) is 6.60. The van der Waals surface area contributed by atoms with Gasteiger partial charge in [-0.15, -0.1) is 0 Å². The van der Waals surface area contributed by atoms with Gasteiger partial charge in [-0.1, -0.05) is 13.0 Å². The molecule has 0 spiro atoms. The Kier molecular flexibility index (Phi) is 8.15. The van der Waals surface area contributed by atoms with Gasteiger partial charge in [-0.05, 0) is 49.9 Å². The lowest BCUT2D eigenvalue weighted by atomic mass is 10.0. The molecule has 2 heterocycles. The Labute approximate surface area is 218 Å². The number of aliphatic hydroxyl groups excluding tert-OH is 1. The van der Waals surface area contributed by atoms with Crippen molar-refractivity contribution >= 4 is 21.6 Å². The topological polar surface area (TPSA) is 118 Å². The number of sulfonamides is 1. The second-order valence-electron chi connectivity index (χ2n) is 9.97. The van der Waals surface area contributed by atoms with E-state index in [0.717, 1.165) is 23.3 Å². The molecule has 0 aliphatic carbocycles. The minimum absolute atomic E-state index is 0.0332. The van der Waals surface area contributed by atoms with Crippen LogP contribution in [0.1, 0.15) is 25.0 Å². The van der Waals surface area contributed by atoms with Gasteiger partial charge in [0, 0.05) is 36.8 Å². The van der Waals surface area contributed by atoms with E-state index in [-0.39, 0.29) is 43.8 Å². The van der Waals surface area contributed by atoms with Crippen LogP contribution < -0.4 is 18.9 Å².